The van der Waals surface area contributed by atoms with Gasteiger partial charge in [0.1, 0.15) is 5.82 Å². The average molecular weight is 540 g/mol. The summed E-state index contributed by atoms with van der Waals surface area (Å²) >= 11 is 1.22. The lowest BCUT2D eigenvalue weighted by molar-refractivity contribution is 0.0996. The Labute approximate surface area is 218 Å². The number of benzene rings is 3. The van der Waals surface area contributed by atoms with Crippen molar-refractivity contribution in [1.82, 2.24) is 8.87 Å². The van der Waals surface area contributed by atoms with E-state index in [1.165, 1.54) is 57.6 Å². The minimum absolute atomic E-state index is 0.132. The standard InChI is InChI=1S/C27H26FN3O4S2/c1-2-35-16-15-31-24-12-9-22(28)17-25(24)36-27(31)29-26(32)20-7-10-23(11-8-20)37(33,34)30-14-13-19-5-3-4-6-21(19)18-30/h3-12,17H,2,13-16,18H2,1H3. The van der Waals surface area contributed by atoms with Crippen LogP contribution in [0.1, 0.15) is 28.4 Å². The van der Waals surface area contributed by atoms with Crippen LogP contribution in [-0.2, 0) is 34.3 Å². The van der Waals surface area contributed by atoms with Crippen molar-refractivity contribution in [2.75, 3.05) is 19.8 Å². The predicted octanol–water partition coefficient (Wildman–Crippen LogP) is 4.37. The minimum Gasteiger partial charge on any atom is -0.380 e. The van der Waals surface area contributed by atoms with Crippen LogP contribution < -0.4 is 4.80 Å². The second kappa shape index (κ2) is 10.7. The Morgan fingerprint density at radius 1 is 1.08 bits per heavy atom. The van der Waals surface area contributed by atoms with Gasteiger partial charge in [0.2, 0.25) is 10.0 Å². The average Bonchev–Trinajstić information content (AvgIpc) is 3.24. The molecule has 0 unspecified atom stereocenters. The molecule has 0 fully saturated rings. The number of amides is 1. The smallest absolute Gasteiger partial charge is 0.279 e. The van der Waals surface area contributed by atoms with Crippen molar-refractivity contribution in [2.45, 2.75) is 31.3 Å². The summed E-state index contributed by atoms with van der Waals surface area (Å²) in [6, 6.07) is 18.1. The van der Waals surface area contributed by atoms with Gasteiger partial charge in [-0.05, 0) is 66.9 Å². The van der Waals surface area contributed by atoms with Gasteiger partial charge in [0.05, 0.1) is 21.7 Å². The highest BCUT2D eigenvalue weighted by molar-refractivity contribution is 7.89. The highest BCUT2D eigenvalue weighted by Crippen LogP contribution is 2.25. The van der Waals surface area contributed by atoms with Crippen molar-refractivity contribution in [3.05, 3.63) is 94.0 Å². The third-order valence-electron chi connectivity index (χ3n) is 6.34. The fourth-order valence-corrected chi connectivity index (χ4v) is 6.89. The Bertz CT molecular complexity index is 1630. The van der Waals surface area contributed by atoms with E-state index in [1.54, 1.807) is 6.07 Å². The van der Waals surface area contributed by atoms with E-state index >= 15 is 0 Å². The topological polar surface area (TPSA) is 81.0 Å². The van der Waals surface area contributed by atoms with Gasteiger partial charge in [-0.3, -0.25) is 4.79 Å². The zero-order valence-electron chi connectivity index (χ0n) is 20.3. The second-order valence-electron chi connectivity index (χ2n) is 8.64. The number of nitrogens with zero attached hydrogens (tertiary/aromatic N) is 3. The predicted molar refractivity (Wildman–Crippen MR) is 140 cm³/mol. The highest BCUT2D eigenvalue weighted by atomic mass is 32.2. The maximum Gasteiger partial charge on any atom is 0.279 e. The van der Waals surface area contributed by atoms with Crippen LogP contribution in [-0.4, -0.2) is 43.0 Å². The fraction of sp³-hybridized carbons (Fsp3) is 0.259. The van der Waals surface area contributed by atoms with Gasteiger partial charge in [0.25, 0.3) is 5.91 Å². The summed E-state index contributed by atoms with van der Waals surface area (Å²) in [5, 5.41) is 0. The quantitative estimate of drug-likeness (QED) is 0.327. The molecule has 10 heteroatoms. The van der Waals surface area contributed by atoms with Gasteiger partial charge < -0.3 is 9.30 Å². The molecule has 1 aliphatic heterocycles. The Morgan fingerprint density at radius 3 is 2.59 bits per heavy atom. The van der Waals surface area contributed by atoms with E-state index in [0.717, 1.165) is 11.1 Å². The number of thiazole rings is 1. The molecule has 37 heavy (non-hydrogen) atoms. The van der Waals surface area contributed by atoms with Gasteiger partial charge in [-0.25, -0.2) is 12.8 Å². The Kier molecular flexibility index (Phi) is 7.34. The molecular weight excluding hydrogens is 513 g/mol. The molecule has 5 rings (SSSR count). The van der Waals surface area contributed by atoms with Crippen molar-refractivity contribution >= 4 is 37.5 Å². The molecule has 0 radical (unpaired) electrons. The lowest BCUT2D eigenvalue weighted by Crippen LogP contribution is -2.35. The maximum absolute atomic E-state index is 13.8. The molecule has 7 nitrogen and oxygen atoms in total. The molecule has 1 aliphatic rings. The number of ether oxygens (including phenoxy) is 1. The van der Waals surface area contributed by atoms with Crippen molar-refractivity contribution in [1.29, 1.82) is 0 Å². The summed E-state index contributed by atoms with van der Waals surface area (Å²) in [6.45, 7) is 4.07. The first kappa shape index (κ1) is 25.5. The number of fused-ring (bicyclic) bond motifs is 2. The number of sulfonamides is 1. The molecule has 3 aromatic carbocycles. The van der Waals surface area contributed by atoms with E-state index in [9.17, 15) is 17.6 Å². The van der Waals surface area contributed by atoms with Crippen molar-refractivity contribution < 1.29 is 22.3 Å². The number of hydrogen-bond donors (Lipinski definition) is 0. The molecule has 1 aromatic heterocycles. The molecule has 0 N–H and O–H groups in total. The van der Waals surface area contributed by atoms with Gasteiger partial charge in [-0.15, -0.1) is 0 Å². The SMILES string of the molecule is CCOCCn1c(=NC(=O)c2ccc(S(=O)(=O)N3CCc4ccccc4C3)cc2)sc2cc(F)ccc21. The summed E-state index contributed by atoms with van der Waals surface area (Å²) in [6.07, 6.45) is 0.660. The number of aromatic nitrogens is 1. The minimum atomic E-state index is -3.71. The van der Waals surface area contributed by atoms with Gasteiger partial charge in [-0.1, -0.05) is 35.6 Å². The number of carbonyl (C=O) groups excluding carboxylic acids is 1. The first-order valence-electron chi connectivity index (χ1n) is 12.0. The van der Waals surface area contributed by atoms with E-state index in [-0.39, 0.29) is 16.3 Å². The maximum atomic E-state index is 13.8. The summed E-state index contributed by atoms with van der Waals surface area (Å²) in [5.41, 5.74) is 3.20. The first-order valence-corrected chi connectivity index (χ1v) is 14.2. The Morgan fingerprint density at radius 2 is 1.84 bits per heavy atom. The molecule has 0 saturated carbocycles. The van der Waals surface area contributed by atoms with Gasteiger partial charge in [0.15, 0.2) is 4.80 Å². The zero-order chi connectivity index (χ0) is 26.0. The normalized spacial score (nSPS) is 14.7. The van der Waals surface area contributed by atoms with Crippen molar-refractivity contribution in [3.63, 3.8) is 0 Å². The van der Waals surface area contributed by atoms with E-state index in [1.807, 2.05) is 35.8 Å². The van der Waals surface area contributed by atoms with Crippen molar-refractivity contribution in [2.24, 2.45) is 4.99 Å². The van der Waals surface area contributed by atoms with Gasteiger partial charge in [0, 0.05) is 31.8 Å². The third kappa shape index (κ3) is 5.28. The van der Waals surface area contributed by atoms with E-state index in [0.29, 0.717) is 48.8 Å². The number of halogens is 1. The van der Waals surface area contributed by atoms with E-state index in [2.05, 4.69) is 4.99 Å². The first-order chi connectivity index (χ1) is 17.9. The third-order valence-corrected chi connectivity index (χ3v) is 9.24. The van der Waals surface area contributed by atoms with Crippen LogP contribution in [0.4, 0.5) is 4.39 Å². The largest absolute Gasteiger partial charge is 0.380 e. The van der Waals surface area contributed by atoms with E-state index < -0.39 is 15.9 Å². The summed E-state index contributed by atoms with van der Waals surface area (Å²) < 4.78 is 49.7. The Hall–Kier alpha value is -3.18. The van der Waals surface area contributed by atoms with Gasteiger partial charge in [-0.2, -0.15) is 9.30 Å². The molecule has 0 spiro atoms. The molecule has 0 aliphatic carbocycles. The zero-order valence-corrected chi connectivity index (χ0v) is 21.9. The van der Waals surface area contributed by atoms with E-state index in [4.69, 9.17) is 4.74 Å². The molecule has 0 saturated heterocycles. The molecule has 0 bridgehead atoms. The molecule has 2 heterocycles. The molecule has 0 atom stereocenters. The second-order valence-corrected chi connectivity index (χ2v) is 11.6. The van der Waals surface area contributed by atoms with Crippen LogP contribution >= 0.6 is 11.3 Å². The van der Waals surface area contributed by atoms with Crippen LogP contribution in [0.5, 0.6) is 0 Å². The number of carbonyl (C=O) groups is 1. The van der Waals surface area contributed by atoms with Crippen molar-refractivity contribution in [3.8, 4) is 0 Å². The molecule has 192 valence electrons. The molecular formula is C27H26FN3O4S2. The van der Waals surface area contributed by atoms with Crippen LogP contribution in [0.3, 0.4) is 0 Å². The lowest BCUT2D eigenvalue weighted by Gasteiger charge is -2.28. The van der Waals surface area contributed by atoms with Crippen LogP contribution in [0.2, 0.25) is 0 Å². The fourth-order valence-electron chi connectivity index (χ4n) is 4.39. The highest BCUT2D eigenvalue weighted by Gasteiger charge is 2.28. The van der Waals surface area contributed by atoms with Crippen LogP contribution in [0, 0.1) is 5.82 Å². The number of rotatable bonds is 7. The Balaban J connectivity index is 1.40. The molecule has 1 amide bonds. The van der Waals surface area contributed by atoms with Gasteiger partial charge >= 0.3 is 0 Å². The lowest BCUT2D eigenvalue weighted by atomic mass is 10.0. The summed E-state index contributed by atoms with van der Waals surface area (Å²) in [4.78, 5) is 17.8. The van der Waals surface area contributed by atoms with Crippen LogP contribution in [0.25, 0.3) is 10.2 Å². The monoisotopic (exact) mass is 539 g/mol. The molecule has 4 aromatic rings. The summed E-state index contributed by atoms with van der Waals surface area (Å²) in [5.74, 6) is -0.870. The summed E-state index contributed by atoms with van der Waals surface area (Å²) in [7, 11) is -3.71. The number of hydrogen-bond acceptors (Lipinski definition) is 5. The van der Waals surface area contributed by atoms with Crippen LogP contribution in [0.15, 0.2) is 76.6 Å².